The summed E-state index contributed by atoms with van der Waals surface area (Å²) in [7, 11) is 0. The Balaban J connectivity index is 1.64. The number of fused-ring (bicyclic) bond motifs is 1. The molecule has 0 aliphatic heterocycles. The summed E-state index contributed by atoms with van der Waals surface area (Å²) in [6, 6.07) is 9.81. The van der Waals surface area contributed by atoms with E-state index in [-0.39, 0.29) is 5.91 Å². The van der Waals surface area contributed by atoms with E-state index in [1.54, 1.807) is 6.07 Å². The van der Waals surface area contributed by atoms with Gasteiger partial charge >= 0.3 is 0 Å². The Bertz CT molecular complexity index is 830. The van der Waals surface area contributed by atoms with Crippen molar-refractivity contribution in [2.24, 2.45) is 0 Å². The minimum atomic E-state index is -0.157. The number of aryl methyl sites for hydroxylation is 1. The molecular formula is C17H21N5O. The monoisotopic (exact) mass is 311 g/mol. The standard InChI is InChI=1S/C17H21N5O/c1-11(2)14-10-15(21-20-14)17(23)18-8-9-22-12(3)19-13-6-4-5-7-16(13)22/h4-7,10-11H,8-9H2,1-3H3,(H,18,23)(H,20,21). The number of nitrogens with zero attached hydrogens (tertiary/aromatic N) is 3. The Morgan fingerprint density at radius 2 is 2.13 bits per heavy atom. The van der Waals surface area contributed by atoms with Crippen molar-refractivity contribution in [2.75, 3.05) is 6.54 Å². The molecular weight excluding hydrogens is 290 g/mol. The lowest BCUT2D eigenvalue weighted by Crippen LogP contribution is -2.27. The topological polar surface area (TPSA) is 75.6 Å². The van der Waals surface area contributed by atoms with Crippen molar-refractivity contribution in [2.45, 2.75) is 33.2 Å². The van der Waals surface area contributed by atoms with Crippen molar-refractivity contribution in [1.82, 2.24) is 25.1 Å². The third-order valence-corrected chi connectivity index (χ3v) is 3.92. The summed E-state index contributed by atoms with van der Waals surface area (Å²) in [4.78, 5) is 16.7. The Kier molecular flexibility index (Phi) is 4.14. The van der Waals surface area contributed by atoms with Crippen LogP contribution in [-0.4, -0.2) is 32.2 Å². The van der Waals surface area contributed by atoms with Gasteiger partial charge in [0.25, 0.3) is 5.91 Å². The summed E-state index contributed by atoms with van der Waals surface area (Å²) in [6.45, 7) is 7.30. The fourth-order valence-electron chi connectivity index (χ4n) is 2.60. The highest BCUT2D eigenvalue weighted by molar-refractivity contribution is 5.92. The molecule has 6 heteroatoms. The molecule has 23 heavy (non-hydrogen) atoms. The number of carbonyl (C=O) groups excluding carboxylic acids is 1. The second-order valence-electron chi connectivity index (χ2n) is 5.92. The molecule has 0 atom stereocenters. The second kappa shape index (κ2) is 6.24. The van der Waals surface area contributed by atoms with E-state index in [0.29, 0.717) is 24.7 Å². The minimum Gasteiger partial charge on any atom is -0.349 e. The molecule has 2 heterocycles. The van der Waals surface area contributed by atoms with Gasteiger partial charge in [-0.25, -0.2) is 4.98 Å². The first kappa shape index (κ1) is 15.3. The van der Waals surface area contributed by atoms with Crippen molar-refractivity contribution in [3.05, 3.63) is 47.5 Å². The highest BCUT2D eigenvalue weighted by atomic mass is 16.1. The molecule has 0 spiro atoms. The zero-order chi connectivity index (χ0) is 16.4. The Labute approximate surface area is 134 Å². The molecule has 0 unspecified atom stereocenters. The van der Waals surface area contributed by atoms with E-state index < -0.39 is 0 Å². The van der Waals surface area contributed by atoms with Crippen LogP contribution in [0.1, 0.15) is 41.8 Å². The summed E-state index contributed by atoms with van der Waals surface area (Å²) < 4.78 is 2.11. The Morgan fingerprint density at radius 1 is 1.35 bits per heavy atom. The SMILES string of the molecule is Cc1nc2ccccc2n1CCNC(=O)c1cc(C(C)C)[nH]n1. The Hall–Kier alpha value is -2.63. The maximum absolute atomic E-state index is 12.1. The first-order valence-corrected chi connectivity index (χ1v) is 7.81. The van der Waals surface area contributed by atoms with E-state index in [2.05, 4.69) is 38.9 Å². The second-order valence-corrected chi connectivity index (χ2v) is 5.92. The molecule has 3 aromatic rings. The van der Waals surface area contributed by atoms with Gasteiger partial charge in [0.05, 0.1) is 11.0 Å². The predicted molar refractivity (Wildman–Crippen MR) is 89.5 cm³/mol. The van der Waals surface area contributed by atoms with E-state index in [1.807, 2.05) is 31.2 Å². The van der Waals surface area contributed by atoms with E-state index in [1.165, 1.54) is 0 Å². The number of aromatic amines is 1. The number of amides is 1. The number of imidazole rings is 1. The largest absolute Gasteiger partial charge is 0.349 e. The van der Waals surface area contributed by atoms with Crippen LogP contribution in [0.3, 0.4) is 0 Å². The van der Waals surface area contributed by atoms with Crippen LogP contribution in [0.15, 0.2) is 30.3 Å². The fourth-order valence-corrected chi connectivity index (χ4v) is 2.60. The summed E-state index contributed by atoms with van der Waals surface area (Å²) in [6.07, 6.45) is 0. The van der Waals surface area contributed by atoms with Gasteiger partial charge in [0.1, 0.15) is 11.5 Å². The van der Waals surface area contributed by atoms with Gasteiger partial charge in [-0.2, -0.15) is 5.10 Å². The van der Waals surface area contributed by atoms with Gasteiger partial charge < -0.3 is 9.88 Å². The summed E-state index contributed by atoms with van der Waals surface area (Å²) in [5, 5.41) is 9.87. The summed E-state index contributed by atoms with van der Waals surface area (Å²) in [5.41, 5.74) is 3.46. The predicted octanol–water partition coefficient (Wildman–Crippen LogP) is 2.62. The van der Waals surface area contributed by atoms with Crippen molar-refractivity contribution in [3.8, 4) is 0 Å². The average molecular weight is 311 g/mol. The van der Waals surface area contributed by atoms with Crippen LogP contribution in [0.2, 0.25) is 0 Å². The van der Waals surface area contributed by atoms with E-state index in [0.717, 1.165) is 22.6 Å². The molecule has 0 bridgehead atoms. The summed E-state index contributed by atoms with van der Waals surface area (Å²) >= 11 is 0. The number of H-pyrrole nitrogens is 1. The van der Waals surface area contributed by atoms with Crippen LogP contribution < -0.4 is 5.32 Å². The molecule has 0 aliphatic rings. The lowest BCUT2D eigenvalue weighted by molar-refractivity contribution is 0.0947. The molecule has 1 aromatic carbocycles. The number of aromatic nitrogens is 4. The highest BCUT2D eigenvalue weighted by Crippen LogP contribution is 2.15. The fraction of sp³-hybridized carbons (Fsp3) is 0.353. The van der Waals surface area contributed by atoms with E-state index in [4.69, 9.17) is 0 Å². The van der Waals surface area contributed by atoms with E-state index >= 15 is 0 Å². The number of nitrogens with one attached hydrogen (secondary N) is 2. The van der Waals surface area contributed by atoms with Gasteiger partial charge in [-0.1, -0.05) is 26.0 Å². The maximum atomic E-state index is 12.1. The molecule has 2 N–H and O–H groups in total. The van der Waals surface area contributed by atoms with Crippen molar-refractivity contribution >= 4 is 16.9 Å². The lowest BCUT2D eigenvalue weighted by Gasteiger charge is -2.07. The van der Waals surface area contributed by atoms with Gasteiger partial charge in [0.15, 0.2) is 0 Å². The van der Waals surface area contributed by atoms with Crippen LogP contribution in [0.5, 0.6) is 0 Å². The molecule has 0 radical (unpaired) electrons. The molecule has 0 aliphatic carbocycles. The highest BCUT2D eigenvalue weighted by Gasteiger charge is 2.12. The zero-order valence-electron chi connectivity index (χ0n) is 13.6. The van der Waals surface area contributed by atoms with Crippen LogP contribution in [0.25, 0.3) is 11.0 Å². The third kappa shape index (κ3) is 3.11. The third-order valence-electron chi connectivity index (χ3n) is 3.92. The summed E-state index contributed by atoms with van der Waals surface area (Å²) in [5.74, 6) is 1.11. The number of carbonyl (C=O) groups is 1. The van der Waals surface area contributed by atoms with Gasteiger partial charge in [0.2, 0.25) is 0 Å². The molecule has 0 saturated heterocycles. The van der Waals surface area contributed by atoms with Gasteiger partial charge in [-0.3, -0.25) is 9.89 Å². The Morgan fingerprint density at radius 3 is 2.87 bits per heavy atom. The quantitative estimate of drug-likeness (QED) is 0.760. The molecule has 0 saturated carbocycles. The number of rotatable bonds is 5. The zero-order valence-corrected chi connectivity index (χ0v) is 13.6. The lowest BCUT2D eigenvalue weighted by atomic mass is 10.1. The van der Waals surface area contributed by atoms with Crippen LogP contribution >= 0.6 is 0 Å². The molecule has 3 rings (SSSR count). The minimum absolute atomic E-state index is 0.157. The van der Waals surface area contributed by atoms with Crippen molar-refractivity contribution in [3.63, 3.8) is 0 Å². The van der Waals surface area contributed by atoms with Gasteiger partial charge in [0, 0.05) is 18.8 Å². The number of hydrogen-bond acceptors (Lipinski definition) is 3. The van der Waals surface area contributed by atoms with Crippen LogP contribution in [0.4, 0.5) is 0 Å². The van der Waals surface area contributed by atoms with Gasteiger partial charge in [-0.05, 0) is 31.0 Å². The maximum Gasteiger partial charge on any atom is 0.271 e. The van der Waals surface area contributed by atoms with Crippen molar-refractivity contribution < 1.29 is 4.79 Å². The molecule has 6 nitrogen and oxygen atoms in total. The average Bonchev–Trinajstić information content (AvgIpc) is 3.12. The number of benzene rings is 1. The molecule has 2 aromatic heterocycles. The van der Waals surface area contributed by atoms with Crippen molar-refractivity contribution in [1.29, 1.82) is 0 Å². The number of hydrogen-bond donors (Lipinski definition) is 2. The molecule has 0 fully saturated rings. The number of para-hydroxylation sites is 2. The normalized spacial score (nSPS) is 11.3. The first-order valence-electron chi connectivity index (χ1n) is 7.81. The molecule has 120 valence electrons. The van der Waals surface area contributed by atoms with Gasteiger partial charge in [-0.15, -0.1) is 0 Å². The van der Waals surface area contributed by atoms with Crippen LogP contribution in [-0.2, 0) is 6.54 Å². The first-order chi connectivity index (χ1) is 11.1. The molecule has 1 amide bonds. The van der Waals surface area contributed by atoms with E-state index in [9.17, 15) is 4.79 Å². The van der Waals surface area contributed by atoms with Crippen LogP contribution in [0, 0.1) is 6.92 Å². The smallest absolute Gasteiger partial charge is 0.271 e.